The van der Waals surface area contributed by atoms with Crippen molar-refractivity contribution in [3.05, 3.63) is 71.8 Å². The molecule has 5 nitrogen and oxygen atoms in total. The van der Waals surface area contributed by atoms with Crippen LogP contribution in [-0.4, -0.2) is 58.4 Å². The molecule has 2 saturated heterocycles. The lowest BCUT2D eigenvalue weighted by Gasteiger charge is -2.32. The largest absolute Gasteiger partial charge is 0.378 e. The molecule has 0 amide bonds. The van der Waals surface area contributed by atoms with Crippen molar-refractivity contribution in [2.45, 2.75) is 0 Å². The molecule has 156 valence electrons. The van der Waals surface area contributed by atoms with E-state index < -0.39 is 0 Å². The molecule has 0 atom stereocenters. The van der Waals surface area contributed by atoms with Crippen molar-refractivity contribution in [3.63, 3.8) is 0 Å². The highest BCUT2D eigenvalue weighted by atomic mass is 16.5. The van der Waals surface area contributed by atoms with E-state index in [4.69, 9.17) is 9.47 Å². The first-order valence-electron chi connectivity index (χ1n) is 10.4. The van der Waals surface area contributed by atoms with Gasteiger partial charge in [-0.05, 0) is 35.4 Å². The van der Waals surface area contributed by atoms with Crippen LogP contribution in [0.5, 0.6) is 0 Å². The SMILES string of the molecule is C=Cc1ccc(C(=O)c2ccc(C=C)cc2N2CCOCC2)c(N2CCOCC2)c1. The van der Waals surface area contributed by atoms with Crippen LogP contribution in [0.4, 0.5) is 11.4 Å². The number of ether oxygens (including phenoxy) is 2. The third kappa shape index (κ3) is 4.18. The Morgan fingerprint density at radius 2 is 1.13 bits per heavy atom. The fraction of sp³-hybridized carbons (Fsp3) is 0.320. The average molecular weight is 405 g/mol. The van der Waals surface area contributed by atoms with Crippen molar-refractivity contribution in [2.75, 3.05) is 62.4 Å². The van der Waals surface area contributed by atoms with Gasteiger partial charge in [0.05, 0.1) is 26.4 Å². The fourth-order valence-electron chi connectivity index (χ4n) is 4.01. The predicted molar refractivity (Wildman–Crippen MR) is 123 cm³/mol. The first kappa shape index (κ1) is 20.4. The Hall–Kier alpha value is -2.89. The van der Waals surface area contributed by atoms with Gasteiger partial charge in [-0.2, -0.15) is 0 Å². The molecule has 2 aliphatic rings. The minimum Gasteiger partial charge on any atom is -0.378 e. The van der Waals surface area contributed by atoms with Crippen LogP contribution in [-0.2, 0) is 9.47 Å². The van der Waals surface area contributed by atoms with Crippen molar-refractivity contribution in [1.29, 1.82) is 0 Å². The lowest BCUT2D eigenvalue weighted by molar-refractivity contribution is 0.103. The second-order valence-corrected chi connectivity index (χ2v) is 7.49. The first-order valence-corrected chi connectivity index (χ1v) is 10.4. The van der Waals surface area contributed by atoms with Gasteiger partial charge in [0, 0.05) is 48.7 Å². The standard InChI is InChI=1S/C25H28N2O3/c1-3-19-5-7-21(23(17-19)26-9-13-29-14-10-26)25(28)22-8-6-20(4-2)18-24(22)27-11-15-30-16-12-27/h3-8,17-18H,1-2,9-16H2. The zero-order valence-electron chi connectivity index (χ0n) is 17.3. The van der Waals surface area contributed by atoms with E-state index in [-0.39, 0.29) is 5.78 Å². The van der Waals surface area contributed by atoms with Gasteiger partial charge in [0.2, 0.25) is 0 Å². The third-order valence-corrected chi connectivity index (χ3v) is 5.71. The van der Waals surface area contributed by atoms with Gasteiger partial charge in [0.25, 0.3) is 0 Å². The topological polar surface area (TPSA) is 42.0 Å². The molecule has 4 rings (SSSR count). The Bertz CT molecular complexity index is 866. The minimum absolute atomic E-state index is 0.0317. The van der Waals surface area contributed by atoms with E-state index in [9.17, 15) is 4.79 Å². The fourth-order valence-corrected chi connectivity index (χ4v) is 4.01. The third-order valence-electron chi connectivity index (χ3n) is 5.71. The van der Waals surface area contributed by atoms with E-state index in [1.54, 1.807) is 0 Å². The summed E-state index contributed by atoms with van der Waals surface area (Å²) in [5.74, 6) is 0.0317. The molecule has 0 N–H and O–H groups in total. The second kappa shape index (κ2) is 9.28. The van der Waals surface area contributed by atoms with E-state index in [0.29, 0.717) is 37.6 Å². The maximum Gasteiger partial charge on any atom is 0.197 e. The number of carbonyl (C=O) groups excluding carboxylic acids is 1. The maximum absolute atomic E-state index is 13.8. The Morgan fingerprint density at radius 3 is 1.50 bits per heavy atom. The van der Waals surface area contributed by atoms with Crippen LogP contribution in [0.2, 0.25) is 0 Å². The molecule has 0 unspecified atom stereocenters. The van der Waals surface area contributed by atoms with Gasteiger partial charge < -0.3 is 19.3 Å². The van der Waals surface area contributed by atoms with Crippen molar-refractivity contribution >= 4 is 29.3 Å². The van der Waals surface area contributed by atoms with Crippen LogP contribution in [0.15, 0.2) is 49.6 Å². The quantitative estimate of drug-likeness (QED) is 0.684. The first-order chi connectivity index (χ1) is 14.7. The number of carbonyl (C=O) groups is 1. The number of nitrogens with zero attached hydrogens (tertiary/aromatic N) is 2. The Labute approximate surface area is 178 Å². The van der Waals surface area contributed by atoms with Crippen LogP contribution >= 0.6 is 0 Å². The molecule has 2 aliphatic heterocycles. The summed E-state index contributed by atoms with van der Waals surface area (Å²) in [5, 5.41) is 0. The highest BCUT2D eigenvalue weighted by Crippen LogP contribution is 2.31. The van der Waals surface area contributed by atoms with E-state index >= 15 is 0 Å². The number of morpholine rings is 2. The number of anilines is 2. The van der Waals surface area contributed by atoms with Crippen LogP contribution in [0.25, 0.3) is 12.2 Å². The Balaban J connectivity index is 1.77. The number of hydrogen-bond acceptors (Lipinski definition) is 5. The van der Waals surface area contributed by atoms with Gasteiger partial charge in [0.1, 0.15) is 0 Å². The van der Waals surface area contributed by atoms with Crippen molar-refractivity contribution in [3.8, 4) is 0 Å². The summed E-state index contributed by atoms with van der Waals surface area (Å²) in [7, 11) is 0. The molecule has 0 spiro atoms. The van der Waals surface area contributed by atoms with Gasteiger partial charge in [-0.3, -0.25) is 4.79 Å². The zero-order valence-corrected chi connectivity index (χ0v) is 17.3. The molecule has 2 fully saturated rings. The van der Waals surface area contributed by atoms with Crippen LogP contribution in [0.1, 0.15) is 27.0 Å². The van der Waals surface area contributed by atoms with Crippen LogP contribution in [0, 0.1) is 0 Å². The highest BCUT2D eigenvalue weighted by Gasteiger charge is 2.24. The summed E-state index contributed by atoms with van der Waals surface area (Å²) in [4.78, 5) is 18.3. The monoisotopic (exact) mass is 404 g/mol. The van der Waals surface area contributed by atoms with Gasteiger partial charge in [-0.1, -0.05) is 37.4 Å². The lowest BCUT2D eigenvalue weighted by Crippen LogP contribution is -2.38. The summed E-state index contributed by atoms with van der Waals surface area (Å²) in [6.45, 7) is 13.5. The molecule has 30 heavy (non-hydrogen) atoms. The molecular weight excluding hydrogens is 376 g/mol. The molecule has 2 aromatic rings. The smallest absolute Gasteiger partial charge is 0.197 e. The van der Waals surface area contributed by atoms with Crippen molar-refractivity contribution < 1.29 is 14.3 Å². The van der Waals surface area contributed by atoms with Crippen molar-refractivity contribution in [2.24, 2.45) is 0 Å². The highest BCUT2D eigenvalue weighted by molar-refractivity contribution is 6.15. The summed E-state index contributed by atoms with van der Waals surface area (Å²) in [6.07, 6.45) is 3.63. The van der Waals surface area contributed by atoms with E-state index in [1.165, 1.54) is 0 Å². The zero-order chi connectivity index (χ0) is 20.9. The molecule has 0 aliphatic carbocycles. The average Bonchev–Trinajstić information content (AvgIpc) is 2.84. The summed E-state index contributed by atoms with van der Waals surface area (Å²) < 4.78 is 11.0. The van der Waals surface area contributed by atoms with E-state index in [2.05, 4.69) is 35.1 Å². The molecule has 0 bridgehead atoms. The summed E-state index contributed by atoms with van der Waals surface area (Å²) in [6, 6.07) is 11.9. The number of ketones is 1. The maximum atomic E-state index is 13.8. The Kier molecular flexibility index (Phi) is 6.31. The van der Waals surface area contributed by atoms with Gasteiger partial charge in [-0.25, -0.2) is 0 Å². The summed E-state index contributed by atoms with van der Waals surface area (Å²) >= 11 is 0. The van der Waals surface area contributed by atoms with Gasteiger partial charge in [-0.15, -0.1) is 0 Å². The lowest BCUT2D eigenvalue weighted by atomic mass is 9.96. The van der Waals surface area contributed by atoms with Crippen LogP contribution < -0.4 is 9.80 Å². The van der Waals surface area contributed by atoms with Gasteiger partial charge >= 0.3 is 0 Å². The van der Waals surface area contributed by atoms with Crippen LogP contribution in [0.3, 0.4) is 0 Å². The predicted octanol–water partition coefficient (Wildman–Crippen LogP) is 3.88. The second-order valence-electron chi connectivity index (χ2n) is 7.49. The normalized spacial score (nSPS) is 16.9. The summed E-state index contributed by atoms with van der Waals surface area (Å²) in [5.41, 5.74) is 5.32. The molecule has 0 saturated carbocycles. The van der Waals surface area contributed by atoms with E-state index in [1.807, 2.05) is 36.4 Å². The molecule has 0 aromatic heterocycles. The van der Waals surface area contributed by atoms with E-state index in [0.717, 1.165) is 48.7 Å². The molecule has 2 heterocycles. The molecule has 5 heteroatoms. The molecule has 2 aromatic carbocycles. The number of hydrogen-bond donors (Lipinski definition) is 0. The van der Waals surface area contributed by atoms with Gasteiger partial charge in [0.15, 0.2) is 5.78 Å². The molecule has 0 radical (unpaired) electrons. The minimum atomic E-state index is 0.0317. The molecular formula is C25H28N2O3. The number of rotatable bonds is 6. The Morgan fingerprint density at radius 1 is 0.733 bits per heavy atom. The number of benzene rings is 2. The van der Waals surface area contributed by atoms with Crippen molar-refractivity contribution in [1.82, 2.24) is 0 Å².